The average Bonchev–Trinajstić information content (AvgIpc) is 2.73. The molecule has 2 aromatic rings. The Hall–Kier alpha value is -1.62. The minimum Gasteiger partial charge on any atom is -0.288 e. The van der Waals surface area contributed by atoms with Gasteiger partial charge in [0, 0.05) is 5.56 Å². The Labute approximate surface area is 112 Å². The molecule has 0 aliphatic carbocycles. The molecule has 0 fully saturated rings. The van der Waals surface area contributed by atoms with Gasteiger partial charge in [0.25, 0.3) is 0 Å². The summed E-state index contributed by atoms with van der Waals surface area (Å²) in [5.74, 6) is -0.223. The van der Waals surface area contributed by atoms with Crippen LogP contribution in [0.4, 0.5) is 13.2 Å². The number of thiophene rings is 1. The lowest BCUT2D eigenvalue weighted by atomic mass is 9.99. The average molecular weight is 284 g/mol. The molecule has 0 saturated carbocycles. The first-order chi connectivity index (χ1) is 8.80. The van der Waals surface area contributed by atoms with E-state index in [2.05, 4.69) is 0 Å². The summed E-state index contributed by atoms with van der Waals surface area (Å²) in [6.45, 7) is 3.33. The molecule has 0 spiro atoms. The Bertz CT molecular complexity index is 626. The summed E-state index contributed by atoms with van der Waals surface area (Å²) in [6.07, 6.45) is -4.38. The molecule has 0 atom stereocenters. The van der Waals surface area contributed by atoms with E-state index in [1.807, 2.05) is 13.0 Å². The van der Waals surface area contributed by atoms with E-state index in [-0.39, 0.29) is 5.78 Å². The molecular weight excluding hydrogens is 273 g/mol. The lowest BCUT2D eigenvalue weighted by Gasteiger charge is -2.10. The van der Waals surface area contributed by atoms with Crippen molar-refractivity contribution in [3.63, 3.8) is 0 Å². The van der Waals surface area contributed by atoms with Crippen LogP contribution in [0.25, 0.3) is 0 Å². The largest absolute Gasteiger partial charge is 0.416 e. The third-order valence-electron chi connectivity index (χ3n) is 2.87. The monoisotopic (exact) mass is 284 g/mol. The Kier molecular flexibility index (Phi) is 3.49. The normalized spacial score (nSPS) is 11.6. The lowest BCUT2D eigenvalue weighted by Crippen LogP contribution is -2.08. The lowest BCUT2D eigenvalue weighted by molar-refractivity contribution is -0.137. The number of halogens is 3. The van der Waals surface area contributed by atoms with Gasteiger partial charge in [0.2, 0.25) is 5.78 Å². The molecule has 0 saturated heterocycles. The molecule has 100 valence electrons. The fourth-order valence-electron chi connectivity index (χ4n) is 1.82. The van der Waals surface area contributed by atoms with Crippen LogP contribution in [0.15, 0.2) is 29.6 Å². The third kappa shape index (κ3) is 2.71. The first-order valence-electron chi connectivity index (χ1n) is 5.57. The highest BCUT2D eigenvalue weighted by Crippen LogP contribution is 2.31. The molecule has 0 N–H and O–H groups in total. The Morgan fingerprint density at radius 2 is 1.79 bits per heavy atom. The predicted molar refractivity (Wildman–Crippen MR) is 68.7 cm³/mol. The molecule has 1 aromatic carbocycles. The fourth-order valence-corrected chi connectivity index (χ4v) is 2.70. The molecule has 0 radical (unpaired) electrons. The minimum atomic E-state index is -4.38. The van der Waals surface area contributed by atoms with Crippen LogP contribution in [0, 0.1) is 13.8 Å². The number of benzene rings is 1. The zero-order valence-electron chi connectivity index (χ0n) is 10.3. The highest BCUT2D eigenvalue weighted by Gasteiger charge is 2.31. The molecular formula is C14H11F3OS. The molecule has 1 nitrogen and oxygen atoms in total. The SMILES string of the molecule is Cc1cc(C(F)(F)F)ccc1C(=O)c1sccc1C. The van der Waals surface area contributed by atoms with Gasteiger partial charge in [0.1, 0.15) is 0 Å². The molecule has 0 unspecified atom stereocenters. The van der Waals surface area contributed by atoms with E-state index >= 15 is 0 Å². The quantitative estimate of drug-likeness (QED) is 0.736. The van der Waals surface area contributed by atoms with Crippen molar-refractivity contribution < 1.29 is 18.0 Å². The summed E-state index contributed by atoms with van der Waals surface area (Å²) in [6, 6.07) is 5.02. The van der Waals surface area contributed by atoms with Crippen molar-refractivity contribution in [1.82, 2.24) is 0 Å². The third-order valence-corrected chi connectivity index (χ3v) is 3.88. The second kappa shape index (κ2) is 4.81. The van der Waals surface area contributed by atoms with Crippen LogP contribution in [0.3, 0.4) is 0 Å². The van der Waals surface area contributed by atoms with Crippen LogP contribution in [0.2, 0.25) is 0 Å². The molecule has 1 heterocycles. The van der Waals surface area contributed by atoms with Gasteiger partial charge in [-0.1, -0.05) is 6.07 Å². The summed E-state index contributed by atoms with van der Waals surface area (Å²) in [5, 5.41) is 1.79. The van der Waals surface area contributed by atoms with E-state index in [1.54, 1.807) is 5.38 Å². The number of alkyl halides is 3. The Balaban J connectivity index is 2.43. The van der Waals surface area contributed by atoms with Crippen molar-refractivity contribution >= 4 is 17.1 Å². The van der Waals surface area contributed by atoms with Crippen molar-refractivity contribution in [1.29, 1.82) is 0 Å². The number of carbonyl (C=O) groups is 1. The number of ketones is 1. The van der Waals surface area contributed by atoms with Crippen molar-refractivity contribution in [2.24, 2.45) is 0 Å². The van der Waals surface area contributed by atoms with Crippen LogP contribution in [-0.2, 0) is 6.18 Å². The van der Waals surface area contributed by atoms with Gasteiger partial charge in [0.15, 0.2) is 0 Å². The first-order valence-corrected chi connectivity index (χ1v) is 6.45. The topological polar surface area (TPSA) is 17.1 Å². The smallest absolute Gasteiger partial charge is 0.288 e. The van der Waals surface area contributed by atoms with E-state index in [9.17, 15) is 18.0 Å². The van der Waals surface area contributed by atoms with Crippen LogP contribution in [-0.4, -0.2) is 5.78 Å². The van der Waals surface area contributed by atoms with E-state index in [1.165, 1.54) is 24.3 Å². The molecule has 2 rings (SSSR count). The van der Waals surface area contributed by atoms with Crippen LogP contribution in [0.1, 0.15) is 31.9 Å². The van der Waals surface area contributed by atoms with Crippen molar-refractivity contribution in [2.75, 3.05) is 0 Å². The van der Waals surface area contributed by atoms with Gasteiger partial charge in [-0.2, -0.15) is 13.2 Å². The van der Waals surface area contributed by atoms with Gasteiger partial charge < -0.3 is 0 Å². The van der Waals surface area contributed by atoms with Crippen LogP contribution >= 0.6 is 11.3 Å². The van der Waals surface area contributed by atoms with Crippen LogP contribution < -0.4 is 0 Å². The molecule has 19 heavy (non-hydrogen) atoms. The second-order valence-electron chi connectivity index (χ2n) is 4.29. The van der Waals surface area contributed by atoms with Crippen molar-refractivity contribution in [3.05, 3.63) is 56.8 Å². The van der Waals surface area contributed by atoms with Crippen molar-refractivity contribution in [2.45, 2.75) is 20.0 Å². The molecule has 5 heteroatoms. The summed E-state index contributed by atoms with van der Waals surface area (Å²) in [7, 11) is 0. The standard InChI is InChI=1S/C14H11F3OS/c1-8-5-6-19-13(8)12(18)11-4-3-10(7-9(11)2)14(15,16)17/h3-7H,1-2H3. The van der Waals surface area contributed by atoms with Gasteiger partial charge in [-0.25, -0.2) is 0 Å². The summed E-state index contributed by atoms with van der Waals surface area (Å²) in [4.78, 5) is 12.8. The van der Waals surface area contributed by atoms with Gasteiger partial charge >= 0.3 is 6.18 Å². The Morgan fingerprint density at radius 1 is 1.11 bits per heavy atom. The number of hydrogen-bond donors (Lipinski definition) is 0. The zero-order chi connectivity index (χ0) is 14.2. The van der Waals surface area contributed by atoms with Gasteiger partial charge in [-0.3, -0.25) is 4.79 Å². The zero-order valence-corrected chi connectivity index (χ0v) is 11.2. The van der Waals surface area contributed by atoms with E-state index < -0.39 is 11.7 Å². The molecule has 0 aliphatic heterocycles. The highest BCUT2D eigenvalue weighted by molar-refractivity contribution is 7.12. The number of aryl methyl sites for hydroxylation is 2. The van der Waals surface area contributed by atoms with Crippen LogP contribution in [0.5, 0.6) is 0 Å². The predicted octanol–water partition coefficient (Wildman–Crippen LogP) is 4.61. The number of rotatable bonds is 2. The van der Waals surface area contributed by atoms with Crippen molar-refractivity contribution in [3.8, 4) is 0 Å². The fraction of sp³-hybridized carbons (Fsp3) is 0.214. The molecule has 1 aromatic heterocycles. The number of carbonyl (C=O) groups excluding carboxylic acids is 1. The molecule has 0 bridgehead atoms. The highest BCUT2D eigenvalue weighted by atomic mass is 32.1. The number of hydrogen-bond acceptors (Lipinski definition) is 2. The van der Waals surface area contributed by atoms with Gasteiger partial charge in [-0.15, -0.1) is 11.3 Å². The van der Waals surface area contributed by atoms with E-state index in [0.29, 0.717) is 16.0 Å². The first kappa shape index (κ1) is 13.8. The van der Waals surface area contributed by atoms with Gasteiger partial charge in [0.05, 0.1) is 10.4 Å². The summed E-state index contributed by atoms with van der Waals surface area (Å²) < 4.78 is 37.7. The minimum absolute atomic E-state index is 0.223. The summed E-state index contributed by atoms with van der Waals surface area (Å²) >= 11 is 1.30. The van der Waals surface area contributed by atoms with E-state index in [0.717, 1.165) is 17.7 Å². The maximum atomic E-state index is 12.6. The summed E-state index contributed by atoms with van der Waals surface area (Å²) in [5.41, 5.74) is 0.768. The molecule has 0 aliphatic rings. The maximum Gasteiger partial charge on any atom is 0.416 e. The molecule has 0 amide bonds. The maximum absolute atomic E-state index is 12.6. The van der Waals surface area contributed by atoms with E-state index in [4.69, 9.17) is 0 Å². The van der Waals surface area contributed by atoms with Gasteiger partial charge in [-0.05, 0) is 48.6 Å². The second-order valence-corrected chi connectivity index (χ2v) is 5.21. The Morgan fingerprint density at radius 3 is 2.26 bits per heavy atom.